The van der Waals surface area contributed by atoms with Crippen LogP contribution in [0.1, 0.15) is 17.3 Å². The van der Waals surface area contributed by atoms with Crippen LogP contribution in [-0.2, 0) is 4.79 Å². The van der Waals surface area contributed by atoms with E-state index in [0.717, 1.165) is 16.8 Å². The van der Waals surface area contributed by atoms with E-state index in [9.17, 15) is 19.7 Å². The zero-order valence-corrected chi connectivity index (χ0v) is 14.9. The summed E-state index contributed by atoms with van der Waals surface area (Å²) in [6.07, 6.45) is -0.869. The Morgan fingerprint density at radius 3 is 2.46 bits per heavy atom. The summed E-state index contributed by atoms with van der Waals surface area (Å²) in [4.78, 5) is 34.4. The number of ether oxygens (including phenoxy) is 1. The van der Waals surface area contributed by atoms with E-state index in [-0.39, 0.29) is 11.3 Å². The Bertz CT molecular complexity index is 1050. The lowest BCUT2D eigenvalue weighted by Gasteiger charge is -2.15. The molecule has 0 aliphatic carbocycles. The fourth-order valence-corrected chi connectivity index (χ4v) is 2.55. The van der Waals surface area contributed by atoms with E-state index >= 15 is 0 Å². The Morgan fingerprint density at radius 2 is 1.71 bits per heavy atom. The minimum atomic E-state index is -0.869. The molecule has 0 aromatic heterocycles. The summed E-state index contributed by atoms with van der Waals surface area (Å²) in [5.41, 5.74) is 4.31. The summed E-state index contributed by atoms with van der Waals surface area (Å²) in [5.74, 6) is -0.715. The van der Waals surface area contributed by atoms with Gasteiger partial charge in [-0.25, -0.2) is 0 Å². The Morgan fingerprint density at radius 1 is 0.964 bits per heavy atom. The van der Waals surface area contributed by atoms with Crippen molar-refractivity contribution in [3.8, 4) is 5.75 Å². The predicted octanol–water partition coefficient (Wildman–Crippen LogP) is 2.98. The molecule has 3 rings (SSSR count). The van der Waals surface area contributed by atoms with Crippen molar-refractivity contribution in [1.29, 1.82) is 0 Å². The van der Waals surface area contributed by atoms with Gasteiger partial charge in [0.25, 0.3) is 17.5 Å². The number of amides is 2. The molecule has 0 radical (unpaired) electrons. The number of nitrogens with zero attached hydrogens (tertiary/aromatic N) is 1. The lowest BCUT2D eigenvalue weighted by Crippen LogP contribution is -2.47. The second-order valence-corrected chi connectivity index (χ2v) is 6.02. The number of hydrogen-bond donors (Lipinski definition) is 2. The molecule has 0 spiro atoms. The molecule has 0 fully saturated rings. The molecule has 2 amide bonds. The number of carbonyl (C=O) groups is 2. The van der Waals surface area contributed by atoms with Crippen molar-refractivity contribution in [3.63, 3.8) is 0 Å². The third kappa shape index (κ3) is 4.42. The SMILES string of the molecule is CC(Oc1ccc2ccccc2c1)C(=O)NNC(=O)c1cccc([N+](=O)[O-])c1. The molecule has 0 heterocycles. The summed E-state index contributed by atoms with van der Waals surface area (Å²) in [5, 5.41) is 12.8. The van der Waals surface area contributed by atoms with Gasteiger partial charge in [0, 0.05) is 17.7 Å². The van der Waals surface area contributed by atoms with Gasteiger partial charge in [0.05, 0.1) is 4.92 Å². The maximum atomic E-state index is 12.2. The van der Waals surface area contributed by atoms with E-state index in [1.807, 2.05) is 36.4 Å². The fraction of sp³-hybridized carbons (Fsp3) is 0.100. The predicted molar refractivity (Wildman–Crippen MR) is 103 cm³/mol. The van der Waals surface area contributed by atoms with Crippen LogP contribution in [0.25, 0.3) is 10.8 Å². The molecule has 1 unspecified atom stereocenters. The molecule has 3 aromatic carbocycles. The average Bonchev–Trinajstić information content (AvgIpc) is 2.71. The molecule has 1 atom stereocenters. The van der Waals surface area contributed by atoms with Crippen LogP contribution in [0.4, 0.5) is 5.69 Å². The zero-order valence-electron chi connectivity index (χ0n) is 14.9. The largest absolute Gasteiger partial charge is 0.481 e. The normalized spacial score (nSPS) is 11.5. The molecule has 0 saturated carbocycles. The number of benzene rings is 3. The summed E-state index contributed by atoms with van der Waals surface area (Å²) < 4.78 is 5.62. The van der Waals surface area contributed by atoms with Crippen LogP contribution >= 0.6 is 0 Å². The summed E-state index contributed by atoms with van der Waals surface area (Å²) >= 11 is 0. The molecule has 8 nitrogen and oxygen atoms in total. The first-order valence-corrected chi connectivity index (χ1v) is 8.44. The number of hydrogen-bond acceptors (Lipinski definition) is 5. The molecule has 3 aromatic rings. The van der Waals surface area contributed by atoms with Gasteiger partial charge in [0.2, 0.25) is 0 Å². The maximum Gasteiger partial charge on any atom is 0.279 e. The number of non-ortho nitro benzene ring substituents is 1. The van der Waals surface area contributed by atoms with Crippen molar-refractivity contribution >= 4 is 28.3 Å². The standard InChI is InChI=1S/C20H17N3O5/c1-13(28-18-10-9-14-5-2-3-6-15(14)12-18)19(24)21-22-20(25)16-7-4-8-17(11-16)23(26)27/h2-13H,1H3,(H,21,24)(H,22,25). The lowest BCUT2D eigenvalue weighted by molar-refractivity contribution is -0.384. The highest BCUT2D eigenvalue weighted by Gasteiger charge is 2.17. The van der Waals surface area contributed by atoms with Crippen molar-refractivity contribution in [2.75, 3.05) is 0 Å². The van der Waals surface area contributed by atoms with Crippen LogP contribution < -0.4 is 15.6 Å². The number of carbonyl (C=O) groups excluding carboxylic acids is 2. The number of rotatable bonds is 5. The van der Waals surface area contributed by atoms with Gasteiger partial charge in [-0.2, -0.15) is 0 Å². The molecule has 142 valence electrons. The van der Waals surface area contributed by atoms with Gasteiger partial charge in [0.1, 0.15) is 5.75 Å². The minimum Gasteiger partial charge on any atom is -0.481 e. The quantitative estimate of drug-likeness (QED) is 0.523. The number of nitro benzene ring substituents is 1. The zero-order chi connectivity index (χ0) is 20.1. The van der Waals surface area contributed by atoms with E-state index in [4.69, 9.17) is 4.74 Å². The second-order valence-electron chi connectivity index (χ2n) is 6.02. The number of fused-ring (bicyclic) bond motifs is 1. The highest BCUT2D eigenvalue weighted by atomic mass is 16.6. The Balaban J connectivity index is 1.58. The highest BCUT2D eigenvalue weighted by molar-refractivity contribution is 5.96. The summed E-state index contributed by atoms with van der Waals surface area (Å²) in [6.45, 7) is 1.55. The number of nitro groups is 1. The van der Waals surface area contributed by atoms with Crippen LogP contribution in [0.2, 0.25) is 0 Å². The molecular weight excluding hydrogens is 362 g/mol. The average molecular weight is 379 g/mol. The third-order valence-corrected chi connectivity index (χ3v) is 4.02. The lowest BCUT2D eigenvalue weighted by atomic mass is 10.1. The second kappa shape index (κ2) is 8.17. The summed E-state index contributed by atoms with van der Waals surface area (Å²) in [7, 11) is 0. The van der Waals surface area contributed by atoms with Gasteiger partial charge in [-0.15, -0.1) is 0 Å². The van der Waals surface area contributed by atoms with Gasteiger partial charge >= 0.3 is 0 Å². The van der Waals surface area contributed by atoms with Gasteiger partial charge in [-0.1, -0.05) is 36.4 Å². The van der Waals surface area contributed by atoms with Crippen LogP contribution in [0, 0.1) is 10.1 Å². The molecule has 0 bridgehead atoms. The molecule has 0 aliphatic heterocycles. The number of hydrazine groups is 1. The third-order valence-electron chi connectivity index (χ3n) is 4.02. The van der Waals surface area contributed by atoms with Gasteiger partial charge < -0.3 is 4.74 Å². The smallest absolute Gasteiger partial charge is 0.279 e. The van der Waals surface area contributed by atoms with Crippen molar-refractivity contribution < 1.29 is 19.2 Å². The monoisotopic (exact) mass is 379 g/mol. The number of nitrogens with one attached hydrogen (secondary N) is 2. The van der Waals surface area contributed by atoms with Crippen molar-refractivity contribution in [1.82, 2.24) is 10.9 Å². The molecule has 8 heteroatoms. The van der Waals surface area contributed by atoms with Crippen molar-refractivity contribution in [2.45, 2.75) is 13.0 Å². The molecular formula is C20H17N3O5. The topological polar surface area (TPSA) is 111 Å². The first-order chi connectivity index (χ1) is 13.4. The Labute approximate surface area is 160 Å². The van der Waals surface area contributed by atoms with E-state index in [2.05, 4.69) is 10.9 Å². The first-order valence-electron chi connectivity index (χ1n) is 8.44. The van der Waals surface area contributed by atoms with Gasteiger partial charge in [-0.3, -0.25) is 30.6 Å². The van der Waals surface area contributed by atoms with Crippen LogP contribution in [0.3, 0.4) is 0 Å². The Hall–Kier alpha value is -3.94. The van der Waals surface area contributed by atoms with Crippen molar-refractivity contribution in [3.05, 3.63) is 82.4 Å². The van der Waals surface area contributed by atoms with Crippen LogP contribution in [0.15, 0.2) is 66.7 Å². The molecule has 0 aliphatic rings. The van der Waals surface area contributed by atoms with Crippen molar-refractivity contribution in [2.24, 2.45) is 0 Å². The molecule has 28 heavy (non-hydrogen) atoms. The maximum absolute atomic E-state index is 12.2. The van der Waals surface area contributed by atoms with Crippen LogP contribution in [-0.4, -0.2) is 22.8 Å². The fourth-order valence-electron chi connectivity index (χ4n) is 2.55. The van der Waals surface area contributed by atoms with Gasteiger partial charge in [-0.05, 0) is 35.9 Å². The van der Waals surface area contributed by atoms with E-state index in [1.54, 1.807) is 13.0 Å². The summed E-state index contributed by atoms with van der Waals surface area (Å²) in [6, 6.07) is 18.4. The molecule has 0 saturated heterocycles. The van der Waals surface area contributed by atoms with E-state index < -0.39 is 22.8 Å². The van der Waals surface area contributed by atoms with Crippen LogP contribution in [0.5, 0.6) is 5.75 Å². The van der Waals surface area contributed by atoms with Gasteiger partial charge in [0.15, 0.2) is 6.10 Å². The first kappa shape index (κ1) is 18.8. The Kier molecular flexibility index (Phi) is 5.50. The highest BCUT2D eigenvalue weighted by Crippen LogP contribution is 2.21. The minimum absolute atomic E-state index is 0.0533. The molecule has 2 N–H and O–H groups in total. The van der Waals surface area contributed by atoms with E-state index in [0.29, 0.717) is 5.75 Å². The van der Waals surface area contributed by atoms with E-state index in [1.165, 1.54) is 18.2 Å².